The van der Waals surface area contributed by atoms with Gasteiger partial charge in [-0.15, -0.1) is 0 Å². The lowest BCUT2D eigenvalue weighted by atomic mass is 10.2. The standard InChI is InChI=1S/C11H18N2O2/c1-3-15-10-6-4-5-9(11(10)12)13(2)7-8-14/h4-6,14H,3,7-8,12H2,1-2H3. The van der Waals surface area contributed by atoms with Crippen LogP contribution in [-0.4, -0.2) is 31.9 Å². The number of anilines is 2. The van der Waals surface area contributed by atoms with Crippen molar-refractivity contribution in [2.24, 2.45) is 0 Å². The van der Waals surface area contributed by atoms with Crippen molar-refractivity contribution in [2.45, 2.75) is 6.92 Å². The maximum absolute atomic E-state index is 8.85. The number of benzene rings is 1. The predicted octanol–water partition coefficient (Wildman–Crippen LogP) is 1.10. The summed E-state index contributed by atoms with van der Waals surface area (Å²) in [5.41, 5.74) is 7.46. The highest BCUT2D eigenvalue weighted by atomic mass is 16.5. The van der Waals surface area contributed by atoms with E-state index >= 15 is 0 Å². The monoisotopic (exact) mass is 210 g/mol. The number of ether oxygens (including phenoxy) is 1. The molecule has 84 valence electrons. The van der Waals surface area contributed by atoms with Crippen LogP contribution < -0.4 is 15.4 Å². The first-order valence-electron chi connectivity index (χ1n) is 5.04. The Morgan fingerprint density at radius 3 is 2.80 bits per heavy atom. The number of nitrogens with zero attached hydrogens (tertiary/aromatic N) is 1. The summed E-state index contributed by atoms with van der Waals surface area (Å²) in [7, 11) is 1.89. The van der Waals surface area contributed by atoms with E-state index in [-0.39, 0.29) is 6.61 Å². The van der Waals surface area contributed by atoms with Crippen molar-refractivity contribution < 1.29 is 9.84 Å². The highest BCUT2D eigenvalue weighted by molar-refractivity contribution is 5.73. The minimum atomic E-state index is 0.106. The zero-order chi connectivity index (χ0) is 11.3. The lowest BCUT2D eigenvalue weighted by Gasteiger charge is -2.21. The molecule has 0 aliphatic heterocycles. The summed E-state index contributed by atoms with van der Waals surface area (Å²) in [6.07, 6.45) is 0. The third-order valence-electron chi connectivity index (χ3n) is 2.19. The molecule has 3 N–H and O–H groups in total. The second-order valence-corrected chi connectivity index (χ2v) is 3.27. The number of hydrogen-bond donors (Lipinski definition) is 2. The van der Waals surface area contributed by atoms with E-state index in [0.717, 1.165) is 5.69 Å². The van der Waals surface area contributed by atoms with Crippen LogP contribution in [0.2, 0.25) is 0 Å². The molecular weight excluding hydrogens is 192 g/mol. The summed E-state index contributed by atoms with van der Waals surface area (Å²) in [5.74, 6) is 0.694. The number of para-hydroxylation sites is 1. The molecule has 15 heavy (non-hydrogen) atoms. The number of likely N-dealkylation sites (N-methyl/N-ethyl adjacent to an activating group) is 1. The number of nitrogens with two attached hydrogens (primary N) is 1. The zero-order valence-corrected chi connectivity index (χ0v) is 9.23. The van der Waals surface area contributed by atoms with Gasteiger partial charge in [0.15, 0.2) is 0 Å². The van der Waals surface area contributed by atoms with E-state index in [1.807, 2.05) is 37.1 Å². The smallest absolute Gasteiger partial charge is 0.144 e. The molecule has 0 bridgehead atoms. The number of nitrogen functional groups attached to an aromatic ring is 1. The Bertz CT molecular complexity index is 315. The summed E-state index contributed by atoms with van der Waals surface area (Å²) in [5, 5.41) is 8.85. The van der Waals surface area contributed by atoms with Gasteiger partial charge in [-0.25, -0.2) is 0 Å². The molecule has 0 saturated carbocycles. The van der Waals surface area contributed by atoms with Crippen LogP contribution in [0, 0.1) is 0 Å². The van der Waals surface area contributed by atoms with Crippen molar-refractivity contribution in [1.29, 1.82) is 0 Å². The molecule has 1 aromatic rings. The minimum Gasteiger partial charge on any atom is -0.492 e. The van der Waals surface area contributed by atoms with Gasteiger partial charge < -0.3 is 20.5 Å². The van der Waals surface area contributed by atoms with Crippen molar-refractivity contribution in [3.8, 4) is 5.75 Å². The van der Waals surface area contributed by atoms with E-state index in [0.29, 0.717) is 24.6 Å². The van der Waals surface area contributed by atoms with Gasteiger partial charge >= 0.3 is 0 Å². The topological polar surface area (TPSA) is 58.7 Å². The molecule has 0 spiro atoms. The van der Waals surface area contributed by atoms with Crippen LogP contribution >= 0.6 is 0 Å². The Balaban J connectivity index is 2.92. The van der Waals surface area contributed by atoms with Crippen molar-refractivity contribution >= 4 is 11.4 Å². The Morgan fingerprint density at radius 1 is 1.47 bits per heavy atom. The molecule has 4 heteroatoms. The molecule has 0 aliphatic rings. The molecule has 0 amide bonds. The molecule has 1 rings (SSSR count). The zero-order valence-electron chi connectivity index (χ0n) is 9.23. The van der Waals surface area contributed by atoms with Crippen LogP contribution in [0.3, 0.4) is 0 Å². The lowest BCUT2D eigenvalue weighted by molar-refractivity contribution is 0.304. The third kappa shape index (κ3) is 2.76. The SMILES string of the molecule is CCOc1cccc(N(C)CCO)c1N. The van der Waals surface area contributed by atoms with Gasteiger partial charge in [-0.1, -0.05) is 6.07 Å². The van der Waals surface area contributed by atoms with E-state index in [4.69, 9.17) is 15.6 Å². The average Bonchev–Trinajstić information content (AvgIpc) is 2.22. The van der Waals surface area contributed by atoms with Gasteiger partial charge in [-0.05, 0) is 19.1 Å². The second kappa shape index (κ2) is 5.46. The van der Waals surface area contributed by atoms with Crippen LogP contribution in [0.1, 0.15) is 6.92 Å². The van der Waals surface area contributed by atoms with E-state index in [1.54, 1.807) is 0 Å². The summed E-state index contributed by atoms with van der Waals surface area (Å²) in [6.45, 7) is 3.18. The van der Waals surface area contributed by atoms with Gasteiger partial charge in [-0.2, -0.15) is 0 Å². The first-order chi connectivity index (χ1) is 7.20. The summed E-state index contributed by atoms with van der Waals surface area (Å²) >= 11 is 0. The second-order valence-electron chi connectivity index (χ2n) is 3.27. The fourth-order valence-electron chi connectivity index (χ4n) is 1.42. The van der Waals surface area contributed by atoms with Crippen molar-refractivity contribution in [1.82, 2.24) is 0 Å². The quantitative estimate of drug-likeness (QED) is 0.714. The maximum Gasteiger partial charge on any atom is 0.144 e. The van der Waals surface area contributed by atoms with Crippen LogP contribution in [-0.2, 0) is 0 Å². The van der Waals surface area contributed by atoms with Gasteiger partial charge in [0, 0.05) is 13.6 Å². The fourth-order valence-corrected chi connectivity index (χ4v) is 1.42. The Morgan fingerprint density at radius 2 is 2.20 bits per heavy atom. The van der Waals surface area contributed by atoms with Gasteiger partial charge in [0.25, 0.3) is 0 Å². The Kier molecular flexibility index (Phi) is 4.24. The highest BCUT2D eigenvalue weighted by Gasteiger charge is 2.08. The molecule has 0 aliphatic carbocycles. The van der Waals surface area contributed by atoms with Gasteiger partial charge in [-0.3, -0.25) is 0 Å². The van der Waals surface area contributed by atoms with Crippen LogP contribution in [0.15, 0.2) is 18.2 Å². The van der Waals surface area contributed by atoms with Crippen LogP contribution in [0.25, 0.3) is 0 Å². The van der Waals surface area contributed by atoms with Crippen LogP contribution in [0.4, 0.5) is 11.4 Å². The van der Waals surface area contributed by atoms with Crippen LogP contribution in [0.5, 0.6) is 5.75 Å². The predicted molar refractivity (Wildman–Crippen MR) is 62.4 cm³/mol. The van der Waals surface area contributed by atoms with Gasteiger partial charge in [0.1, 0.15) is 5.75 Å². The van der Waals surface area contributed by atoms with Gasteiger partial charge in [0.2, 0.25) is 0 Å². The minimum absolute atomic E-state index is 0.106. The maximum atomic E-state index is 8.85. The van der Waals surface area contributed by atoms with E-state index in [1.165, 1.54) is 0 Å². The molecule has 1 aromatic carbocycles. The first-order valence-corrected chi connectivity index (χ1v) is 5.04. The number of rotatable bonds is 5. The molecule has 0 fully saturated rings. The van der Waals surface area contributed by atoms with E-state index in [2.05, 4.69) is 0 Å². The third-order valence-corrected chi connectivity index (χ3v) is 2.19. The molecule has 0 radical (unpaired) electrons. The highest BCUT2D eigenvalue weighted by Crippen LogP contribution is 2.31. The number of hydrogen-bond acceptors (Lipinski definition) is 4. The summed E-state index contributed by atoms with van der Waals surface area (Å²) in [6, 6.07) is 5.65. The normalized spacial score (nSPS) is 10.1. The van der Waals surface area contributed by atoms with Crippen molar-refractivity contribution in [3.05, 3.63) is 18.2 Å². The largest absolute Gasteiger partial charge is 0.492 e. The van der Waals surface area contributed by atoms with Crippen molar-refractivity contribution in [2.75, 3.05) is 37.4 Å². The molecule has 4 nitrogen and oxygen atoms in total. The Labute approximate surface area is 90.3 Å². The number of aliphatic hydroxyl groups is 1. The van der Waals surface area contributed by atoms with E-state index < -0.39 is 0 Å². The Hall–Kier alpha value is -1.42. The number of aliphatic hydroxyl groups excluding tert-OH is 1. The first kappa shape index (κ1) is 11.7. The lowest BCUT2D eigenvalue weighted by Crippen LogP contribution is -2.22. The summed E-state index contributed by atoms with van der Waals surface area (Å²) in [4.78, 5) is 1.90. The summed E-state index contributed by atoms with van der Waals surface area (Å²) < 4.78 is 5.39. The van der Waals surface area contributed by atoms with E-state index in [9.17, 15) is 0 Å². The van der Waals surface area contributed by atoms with Crippen molar-refractivity contribution in [3.63, 3.8) is 0 Å². The average molecular weight is 210 g/mol. The fraction of sp³-hybridized carbons (Fsp3) is 0.455. The molecule has 0 aromatic heterocycles. The molecule has 0 unspecified atom stereocenters. The molecular formula is C11H18N2O2. The molecule has 0 atom stereocenters. The molecule has 0 heterocycles. The van der Waals surface area contributed by atoms with Gasteiger partial charge in [0.05, 0.1) is 24.6 Å². The molecule has 0 saturated heterocycles.